The van der Waals surface area contributed by atoms with Crippen molar-refractivity contribution >= 4 is 56.2 Å². The Morgan fingerprint density at radius 3 is 2.19 bits per heavy atom. The van der Waals surface area contributed by atoms with Crippen molar-refractivity contribution in [1.29, 1.82) is 0 Å². The van der Waals surface area contributed by atoms with Gasteiger partial charge >= 0.3 is 12.0 Å². The van der Waals surface area contributed by atoms with Crippen LogP contribution in [0.25, 0.3) is 10.2 Å². The second kappa shape index (κ2) is 16.8. The fourth-order valence-corrected chi connectivity index (χ4v) is 10.9. The van der Waals surface area contributed by atoms with Gasteiger partial charge in [0.15, 0.2) is 5.13 Å². The number of nitrogens with one attached hydrogen (secondary N) is 2. The normalized spacial score (nSPS) is 23.0. The monoisotopic (exact) mass is 869 g/mol. The quantitative estimate of drug-likeness (QED) is 0.115. The lowest BCUT2D eigenvalue weighted by Gasteiger charge is -2.46. The second-order valence-corrected chi connectivity index (χ2v) is 17.2. The Labute approximate surface area is 373 Å². The zero-order chi connectivity index (χ0) is 44.0. The van der Waals surface area contributed by atoms with Crippen molar-refractivity contribution in [2.24, 2.45) is 5.92 Å². The number of aromatic nitrogens is 1. The number of urea groups is 1. The number of carbonyl (C=O) groups is 4. The molecule has 2 fully saturated rings. The summed E-state index contributed by atoms with van der Waals surface area (Å²) < 4.78 is 13.4. The van der Waals surface area contributed by atoms with Crippen LogP contribution in [0, 0.1) is 5.92 Å². The molecule has 12 nitrogen and oxygen atoms in total. The van der Waals surface area contributed by atoms with Crippen LogP contribution in [0.4, 0.5) is 15.6 Å². The molecule has 3 N–H and O–H groups in total. The summed E-state index contributed by atoms with van der Waals surface area (Å²) in [7, 11) is 0. The van der Waals surface area contributed by atoms with Crippen LogP contribution in [0.3, 0.4) is 0 Å². The van der Waals surface area contributed by atoms with Crippen LogP contribution in [-0.4, -0.2) is 58.1 Å². The third-order valence-corrected chi connectivity index (χ3v) is 13.5. The lowest BCUT2D eigenvalue weighted by molar-refractivity contribution is -0.177. The standard InChI is InChI=1S/C51H43N5O7S/c1-31(32-16-5-2-6-17-32)52-50(61)55-39-26-13-11-24-37(39)51(48(55)60)41(46(58)54-49-53-38-25-12-14-27-40(38)64-49)43-47(59)63-44(34-20-9-4-10-21-34)42(33-18-7-3-8-19-33)56(43)45(51)35-22-15-23-36(30-35)62-29-28-57/h2-27,30-31,41-45,57H,28-29H2,1H3,(H,52,61)(H,53,54,58). The molecule has 2 saturated heterocycles. The number of imide groups is 1. The smallest absolute Gasteiger partial charge is 0.329 e. The van der Waals surface area contributed by atoms with Gasteiger partial charge in [-0.15, -0.1) is 0 Å². The molecule has 0 bridgehead atoms. The Hall–Kier alpha value is -7.19. The molecule has 4 amide bonds. The number of hydrogen-bond acceptors (Lipinski definition) is 10. The molecule has 0 aliphatic carbocycles. The Kier molecular flexibility index (Phi) is 10.7. The van der Waals surface area contributed by atoms with Gasteiger partial charge in [0.2, 0.25) is 11.8 Å². The van der Waals surface area contributed by atoms with E-state index < -0.39 is 65.4 Å². The zero-order valence-corrected chi connectivity index (χ0v) is 35.4. The second-order valence-electron chi connectivity index (χ2n) is 16.1. The number of thiazole rings is 1. The Morgan fingerprint density at radius 1 is 0.797 bits per heavy atom. The van der Waals surface area contributed by atoms with Gasteiger partial charge in [0.1, 0.15) is 29.9 Å². The summed E-state index contributed by atoms with van der Waals surface area (Å²) in [6.45, 7) is 1.60. The summed E-state index contributed by atoms with van der Waals surface area (Å²) in [5.74, 6) is -3.12. The number of hydrogen-bond donors (Lipinski definition) is 3. The number of fused-ring (bicyclic) bond motifs is 4. The van der Waals surface area contributed by atoms with E-state index in [4.69, 9.17) is 14.5 Å². The van der Waals surface area contributed by atoms with E-state index in [2.05, 4.69) is 10.6 Å². The van der Waals surface area contributed by atoms with E-state index in [1.165, 1.54) is 11.3 Å². The number of morpholine rings is 1. The number of cyclic esters (lactones) is 1. The van der Waals surface area contributed by atoms with E-state index in [1.54, 1.807) is 42.5 Å². The number of esters is 1. The van der Waals surface area contributed by atoms with Gasteiger partial charge in [0.25, 0.3) is 0 Å². The highest BCUT2D eigenvalue weighted by atomic mass is 32.1. The molecule has 4 heterocycles. The number of carbonyl (C=O) groups excluding carboxylic acids is 4. The maximum atomic E-state index is 16.4. The van der Waals surface area contributed by atoms with Crippen molar-refractivity contribution in [2.75, 3.05) is 23.4 Å². The summed E-state index contributed by atoms with van der Waals surface area (Å²) >= 11 is 1.27. The molecule has 7 aromatic rings. The molecule has 0 saturated carbocycles. The molecule has 64 heavy (non-hydrogen) atoms. The molecule has 1 aromatic heterocycles. The molecule has 1 spiro atoms. The molecule has 7 atom stereocenters. The summed E-state index contributed by atoms with van der Waals surface area (Å²) in [5.41, 5.74) is 2.27. The minimum absolute atomic E-state index is 0.00313. The van der Waals surface area contributed by atoms with Gasteiger partial charge in [0.05, 0.1) is 46.6 Å². The molecule has 7 unspecified atom stereocenters. The average molecular weight is 870 g/mol. The summed E-state index contributed by atoms with van der Waals surface area (Å²) in [6.07, 6.45) is -0.885. The summed E-state index contributed by atoms with van der Waals surface area (Å²) in [4.78, 5) is 70.1. The molecular weight excluding hydrogens is 827 g/mol. The minimum atomic E-state index is -1.94. The number of anilines is 2. The predicted octanol–water partition coefficient (Wildman–Crippen LogP) is 8.44. The van der Waals surface area contributed by atoms with Crippen LogP contribution < -0.4 is 20.3 Å². The molecule has 6 aromatic carbocycles. The first-order valence-corrected chi connectivity index (χ1v) is 22.0. The third kappa shape index (κ3) is 6.80. The predicted molar refractivity (Wildman–Crippen MR) is 243 cm³/mol. The number of rotatable bonds is 10. The number of aliphatic hydroxyl groups is 1. The molecule has 3 aliphatic rings. The zero-order valence-electron chi connectivity index (χ0n) is 34.6. The topological polar surface area (TPSA) is 150 Å². The molecule has 13 heteroatoms. The SMILES string of the molecule is CC(NC(=O)N1C(=O)C2(c3ccccc31)C(C(=O)Nc1nc3ccccc3s1)C1C(=O)OC(c3ccccc3)C(c3ccccc3)N1C2c1cccc(OCCO)c1)c1ccccc1. The van der Waals surface area contributed by atoms with Gasteiger partial charge in [0, 0.05) is 0 Å². The maximum Gasteiger partial charge on any atom is 0.329 e. The fourth-order valence-electron chi connectivity index (χ4n) is 9.99. The van der Waals surface area contributed by atoms with Crippen LogP contribution in [0.15, 0.2) is 164 Å². The van der Waals surface area contributed by atoms with Crippen LogP contribution in [0.5, 0.6) is 5.75 Å². The van der Waals surface area contributed by atoms with Crippen LogP contribution >= 0.6 is 11.3 Å². The van der Waals surface area contributed by atoms with E-state index in [0.29, 0.717) is 28.0 Å². The molecule has 320 valence electrons. The van der Waals surface area contributed by atoms with Crippen LogP contribution in [-0.2, 0) is 24.5 Å². The van der Waals surface area contributed by atoms with Crippen molar-refractivity contribution in [3.8, 4) is 5.75 Å². The number of amides is 4. The number of aliphatic hydroxyl groups excluding tert-OH is 1. The van der Waals surface area contributed by atoms with Gasteiger partial charge in [-0.05, 0) is 65.1 Å². The molecular formula is C51H43N5O7S. The van der Waals surface area contributed by atoms with Crippen molar-refractivity contribution in [3.05, 3.63) is 192 Å². The summed E-state index contributed by atoms with van der Waals surface area (Å²) in [6, 6.07) is 45.7. The first-order valence-electron chi connectivity index (χ1n) is 21.2. The largest absolute Gasteiger partial charge is 0.491 e. The highest BCUT2D eigenvalue weighted by Gasteiger charge is 2.75. The van der Waals surface area contributed by atoms with E-state index in [0.717, 1.165) is 20.7 Å². The van der Waals surface area contributed by atoms with E-state index in [9.17, 15) is 9.90 Å². The van der Waals surface area contributed by atoms with Gasteiger partial charge in [-0.1, -0.05) is 145 Å². The summed E-state index contributed by atoms with van der Waals surface area (Å²) in [5, 5.41) is 16.1. The fraction of sp³-hybridized carbons (Fsp3) is 0.196. The molecule has 3 aliphatic heterocycles. The Balaban J connectivity index is 1.23. The molecule has 0 radical (unpaired) electrons. The van der Waals surface area contributed by atoms with Crippen LogP contribution in [0.1, 0.15) is 59.0 Å². The lowest BCUT2D eigenvalue weighted by atomic mass is 9.65. The Morgan fingerprint density at radius 2 is 1.45 bits per heavy atom. The van der Waals surface area contributed by atoms with Gasteiger partial charge in [-0.25, -0.2) is 14.7 Å². The van der Waals surface area contributed by atoms with Gasteiger partial charge in [-0.2, -0.15) is 0 Å². The highest BCUT2D eigenvalue weighted by Crippen LogP contribution is 2.66. The highest BCUT2D eigenvalue weighted by molar-refractivity contribution is 7.22. The van der Waals surface area contributed by atoms with Gasteiger partial charge in [-0.3, -0.25) is 19.3 Å². The van der Waals surface area contributed by atoms with Crippen molar-refractivity contribution in [2.45, 2.75) is 42.6 Å². The number of ether oxygens (including phenoxy) is 2. The van der Waals surface area contributed by atoms with Crippen molar-refractivity contribution in [3.63, 3.8) is 0 Å². The maximum absolute atomic E-state index is 16.4. The first kappa shape index (κ1) is 40.9. The number of para-hydroxylation sites is 2. The third-order valence-electron chi connectivity index (χ3n) is 12.5. The van der Waals surface area contributed by atoms with E-state index in [1.807, 2.05) is 133 Å². The first-order chi connectivity index (χ1) is 31.3. The van der Waals surface area contributed by atoms with E-state index >= 15 is 14.4 Å². The van der Waals surface area contributed by atoms with Crippen molar-refractivity contribution in [1.82, 2.24) is 15.2 Å². The average Bonchev–Trinajstić information content (AvgIpc) is 3.97. The van der Waals surface area contributed by atoms with Gasteiger partial charge < -0.3 is 25.2 Å². The minimum Gasteiger partial charge on any atom is -0.491 e. The Bertz CT molecular complexity index is 2850. The van der Waals surface area contributed by atoms with Crippen LogP contribution in [0.2, 0.25) is 0 Å². The number of benzene rings is 6. The van der Waals surface area contributed by atoms with E-state index in [-0.39, 0.29) is 24.0 Å². The number of nitrogens with zero attached hydrogens (tertiary/aromatic N) is 3. The molecule has 10 rings (SSSR count). The lowest BCUT2D eigenvalue weighted by Crippen LogP contribution is -2.55. The van der Waals surface area contributed by atoms with Crippen molar-refractivity contribution < 1.29 is 33.8 Å².